The largest absolute Gasteiger partial charge is 0.462 e. The zero-order chi connectivity index (χ0) is 56.4. The number of hydrogen-bond donors (Lipinski definition) is 0. The molecule has 0 spiro atoms. The fraction of sp³-hybridized carbons (Fsp3) is 0.792. The van der Waals surface area contributed by atoms with E-state index in [9.17, 15) is 14.4 Å². The molecule has 0 saturated heterocycles. The third kappa shape index (κ3) is 63.7. The van der Waals surface area contributed by atoms with Crippen molar-refractivity contribution in [2.75, 3.05) is 13.2 Å². The van der Waals surface area contributed by atoms with Crippen molar-refractivity contribution in [3.05, 3.63) is 72.9 Å². The molecule has 452 valence electrons. The lowest BCUT2D eigenvalue weighted by atomic mass is 10.0. The maximum absolute atomic E-state index is 12.9. The molecule has 0 aliphatic carbocycles. The van der Waals surface area contributed by atoms with Crippen LogP contribution in [0.4, 0.5) is 0 Å². The summed E-state index contributed by atoms with van der Waals surface area (Å²) in [5.74, 6) is -0.902. The highest BCUT2D eigenvalue weighted by Gasteiger charge is 2.19. The smallest absolute Gasteiger partial charge is 0.306 e. The molecule has 6 heteroatoms. The average Bonchev–Trinajstić information content (AvgIpc) is 3.44. The summed E-state index contributed by atoms with van der Waals surface area (Å²) in [7, 11) is 0. The monoisotopic (exact) mass is 1090 g/mol. The van der Waals surface area contributed by atoms with Gasteiger partial charge in [0.2, 0.25) is 0 Å². The number of hydrogen-bond acceptors (Lipinski definition) is 6. The van der Waals surface area contributed by atoms with Gasteiger partial charge < -0.3 is 14.2 Å². The van der Waals surface area contributed by atoms with Crippen molar-refractivity contribution < 1.29 is 28.6 Å². The minimum atomic E-state index is -0.790. The summed E-state index contributed by atoms with van der Waals surface area (Å²) in [6, 6.07) is 0. The zero-order valence-corrected chi connectivity index (χ0v) is 51.9. The van der Waals surface area contributed by atoms with Crippen LogP contribution in [-0.2, 0) is 28.6 Å². The van der Waals surface area contributed by atoms with Gasteiger partial charge in [0.25, 0.3) is 0 Å². The topological polar surface area (TPSA) is 78.9 Å². The van der Waals surface area contributed by atoms with E-state index in [2.05, 4.69) is 93.7 Å². The molecule has 0 aliphatic heterocycles. The molecule has 0 N–H and O–H groups in total. The number of carbonyl (C=O) groups is 3. The number of allylic oxidation sites excluding steroid dienone is 12. The fourth-order valence-electron chi connectivity index (χ4n) is 9.84. The first-order valence-corrected chi connectivity index (χ1v) is 33.9. The number of esters is 3. The van der Waals surface area contributed by atoms with E-state index in [4.69, 9.17) is 14.2 Å². The van der Waals surface area contributed by atoms with Gasteiger partial charge >= 0.3 is 17.9 Å². The molecule has 0 aliphatic rings. The van der Waals surface area contributed by atoms with Gasteiger partial charge in [0, 0.05) is 19.3 Å². The highest BCUT2D eigenvalue weighted by atomic mass is 16.6. The lowest BCUT2D eigenvalue weighted by Crippen LogP contribution is -2.30. The van der Waals surface area contributed by atoms with E-state index in [0.717, 1.165) is 89.9 Å². The second-order valence-corrected chi connectivity index (χ2v) is 22.7. The van der Waals surface area contributed by atoms with Gasteiger partial charge in [0.15, 0.2) is 6.10 Å². The number of carbonyl (C=O) groups excluding carboxylic acids is 3. The van der Waals surface area contributed by atoms with Crippen molar-refractivity contribution in [1.29, 1.82) is 0 Å². The molecule has 0 amide bonds. The second-order valence-electron chi connectivity index (χ2n) is 22.7. The molecule has 1 unspecified atom stereocenters. The lowest BCUT2D eigenvalue weighted by Gasteiger charge is -2.18. The van der Waals surface area contributed by atoms with Crippen LogP contribution < -0.4 is 0 Å². The maximum atomic E-state index is 12.9. The molecule has 0 aromatic rings. The number of ether oxygens (including phenoxy) is 3. The number of unbranched alkanes of at least 4 members (excludes halogenated alkanes) is 39. The Morgan fingerprint density at radius 3 is 0.808 bits per heavy atom. The van der Waals surface area contributed by atoms with Crippen LogP contribution in [0, 0.1) is 0 Å². The summed E-state index contributed by atoms with van der Waals surface area (Å²) in [6.45, 7) is 6.53. The summed E-state index contributed by atoms with van der Waals surface area (Å²) in [5.41, 5.74) is 0. The molecule has 0 heterocycles. The van der Waals surface area contributed by atoms with Gasteiger partial charge in [-0.05, 0) is 109 Å². The third-order valence-corrected chi connectivity index (χ3v) is 14.9. The van der Waals surface area contributed by atoms with Gasteiger partial charge in [-0.25, -0.2) is 0 Å². The predicted octanol–water partition coefficient (Wildman–Crippen LogP) is 23.3. The van der Waals surface area contributed by atoms with Crippen LogP contribution in [0.3, 0.4) is 0 Å². The van der Waals surface area contributed by atoms with Gasteiger partial charge in [-0.1, -0.05) is 293 Å². The molecule has 6 nitrogen and oxygen atoms in total. The Balaban J connectivity index is 4.22. The Morgan fingerprint density at radius 2 is 0.500 bits per heavy atom. The Hall–Kier alpha value is -3.15. The molecule has 0 fully saturated rings. The van der Waals surface area contributed by atoms with Gasteiger partial charge in [-0.15, -0.1) is 0 Å². The molecular formula is C72H128O6. The van der Waals surface area contributed by atoms with Crippen LogP contribution in [-0.4, -0.2) is 37.2 Å². The van der Waals surface area contributed by atoms with Crippen molar-refractivity contribution in [2.24, 2.45) is 0 Å². The third-order valence-electron chi connectivity index (χ3n) is 14.9. The summed E-state index contributed by atoms with van der Waals surface area (Å²) in [5, 5.41) is 0. The summed E-state index contributed by atoms with van der Waals surface area (Å²) < 4.78 is 16.9. The molecule has 0 radical (unpaired) electrons. The van der Waals surface area contributed by atoms with Gasteiger partial charge in [-0.2, -0.15) is 0 Å². The van der Waals surface area contributed by atoms with E-state index in [1.165, 1.54) is 218 Å². The predicted molar refractivity (Wildman–Crippen MR) is 339 cm³/mol. The fourth-order valence-corrected chi connectivity index (χ4v) is 9.84. The van der Waals surface area contributed by atoms with E-state index < -0.39 is 6.10 Å². The van der Waals surface area contributed by atoms with Crippen molar-refractivity contribution in [1.82, 2.24) is 0 Å². The Kier molecular flexibility index (Phi) is 63.7. The van der Waals surface area contributed by atoms with Gasteiger partial charge in [0.05, 0.1) is 0 Å². The molecule has 0 aromatic heterocycles. The van der Waals surface area contributed by atoms with Crippen LogP contribution in [0.15, 0.2) is 72.9 Å². The van der Waals surface area contributed by atoms with Gasteiger partial charge in [0.1, 0.15) is 13.2 Å². The SMILES string of the molecule is CC/C=C\C/C=C\C/C=C\CCCCCC(=O)OCC(COC(=O)CCCCCCCCCCCCCCCCCCC/C=C\C/C=C\CCCCCCC)OC(=O)CCCCCCCCC/C=C\CCCCCCCCC. The Bertz CT molecular complexity index is 1440. The summed E-state index contributed by atoms with van der Waals surface area (Å²) >= 11 is 0. The summed E-state index contributed by atoms with van der Waals surface area (Å²) in [4.78, 5) is 38.3. The average molecular weight is 1090 g/mol. The second kappa shape index (κ2) is 66.4. The summed E-state index contributed by atoms with van der Waals surface area (Å²) in [6.07, 6.45) is 86.5. The number of rotatable bonds is 62. The molecule has 78 heavy (non-hydrogen) atoms. The van der Waals surface area contributed by atoms with Crippen LogP contribution in [0.1, 0.15) is 348 Å². The van der Waals surface area contributed by atoms with Crippen molar-refractivity contribution in [2.45, 2.75) is 354 Å². The molecule has 0 saturated carbocycles. The maximum Gasteiger partial charge on any atom is 0.306 e. The minimum Gasteiger partial charge on any atom is -0.462 e. The highest BCUT2D eigenvalue weighted by Crippen LogP contribution is 2.17. The van der Waals surface area contributed by atoms with E-state index in [1.54, 1.807) is 0 Å². The zero-order valence-electron chi connectivity index (χ0n) is 51.9. The van der Waals surface area contributed by atoms with E-state index in [-0.39, 0.29) is 31.1 Å². The van der Waals surface area contributed by atoms with Crippen molar-refractivity contribution in [3.8, 4) is 0 Å². The molecule has 1 atom stereocenters. The highest BCUT2D eigenvalue weighted by molar-refractivity contribution is 5.71. The van der Waals surface area contributed by atoms with Crippen molar-refractivity contribution >= 4 is 17.9 Å². The van der Waals surface area contributed by atoms with Crippen LogP contribution in [0.25, 0.3) is 0 Å². The Labute approximate surface area is 484 Å². The molecule has 0 aromatic carbocycles. The Morgan fingerprint density at radius 1 is 0.269 bits per heavy atom. The van der Waals surface area contributed by atoms with Crippen LogP contribution >= 0.6 is 0 Å². The molecular weight excluding hydrogens is 961 g/mol. The van der Waals surface area contributed by atoms with E-state index >= 15 is 0 Å². The quantitative estimate of drug-likeness (QED) is 0.0261. The van der Waals surface area contributed by atoms with Crippen LogP contribution in [0.5, 0.6) is 0 Å². The van der Waals surface area contributed by atoms with Gasteiger partial charge in [-0.3, -0.25) is 14.4 Å². The molecule has 0 bridgehead atoms. The van der Waals surface area contributed by atoms with Crippen LogP contribution in [0.2, 0.25) is 0 Å². The standard InChI is InChI=1S/C72H128O6/c1-4-7-10-13-16-19-22-25-27-29-31-32-33-34-35-36-37-38-39-40-41-43-44-47-50-53-56-59-62-65-71(74)77-68-69(67-76-70(73)64-61-58-55-52-49-46-24-21-18-15-12-9-6-3)78-72(75)66-63-60-57-54-51-48-45-42-30-28-26-23-20-17-14-11-8-5-2/h9,12,18,21-22,25,28-31,46,49,69H,4-8,10-11,13-17,19-20,23-24,26-27,32-45,47-48,50-68H2,1-3H3/b12-9-,21-18-,25-22-,30-28-,31-29-,49-46-. The van der Waals surface area contributed by atoms with E-state index in [1.807, 2.05) is 0 Å². The normalized spacial score (nSPS) is 12.5. The van der Waals surface area contributed by atoms with Crippen molar-refractivity contribution in [3.63, 3.8) is 0 Å². The first-order valence-electron chi connectivity index (χ1n) is 33.9. The lowest BCUT2D eigenvalue weighted by molar-refractivity contribution is -0.167. The van der Waals surface area contributed by atoms with E-state index in [0.29, 0.717) is 19.3 Å². The molecule has 0 rings (SSSR count). The first-order chi connectivity index (χ1) is 38.5. The first kappa shape index (κ1) is 74.8. The minimum absolute atomic E-state index is 0.0839.